The molecule has 2 atom stereocenters. The highest BCUT2D eigenvalue weighted by molar-refractivity contribution is 7.85. The van der Waals surface area contributed by atoms with Gasteiger partial charge in [0.2, 0.25) is 0 Å². The number of hydrogen-bond donors (Lipinski definition) is 2. The lowest BCUT2D eigenvalue weighted by Crippen LogP contribution is -2.37. The molecule has 0 radical (unpaired) electrons. The van der Waals surface area contributed by atoms with Crippen molar-refractivity contribution in [2.75, 3.05) is 5.75 Å². The molecule has 0 fully saturated rings. The first kappa shape index (κ1) is 12.8. The second-order valence-electron chi connectivity index (χ2n) is 3.56. The zero-order valence-electron chi connectivity index (χ0n) is 7.77. The highest BCUT2D eigenvalue weighted by atomic mass is 32.2. The number of nitrogens with two attached hydrogens (primary N) is 1. The average Bonchev–Trinajstić information content (AvgIpc) is 1.81. The van der Waals surface area contributed by atoms with Gasteiger partial charge in [-0.1, -0.05) is 13.8 Å². The summed E-state index contributed by atoms with van der Waals surface area (Å²) in [5.74, 6) is -0.712. The Kier molecular flexibility index (Phi) is 4.80. The number of hydrogen-bond acceptors (Lipinski definition) is 3. The van der Waals surface area contributed by atoms with Gasteiger partial charge in [0.15, 0.2) is 0 Å². The molecule has 0 bridgehead atoms. The fourth-order valence-corrected chi connectivity index (χ4v) is 1.67. The highest BCUT2D eigenvalue weighted by Crippen LogP contribution is 2.10. The van der Waals surface area contributed by atoms with Crippen molar-refractivity contribution in [1.82, 2.24) is 0 Å². The Morgan fingerprint density at radius 2 is 1.92 bits per heavy atom. The summed E-state index contributed by atoms with van der Waals surface area (Å²) >= 11 is 0. The largest absolute Gasteiger partial charge is 0.325 e. The van der Waals surface area contributed by atoms with Crippen LogP contribution in [0.1, 0.15) is 20.3 Å². The number of halogens is 1. The maximum Gasteiger partial charge on any atom is 0.267 e. The van der Waals surface area contributed by atoms with Crippen LogP contribution in [-0.4, -0.2) is 30.9 Å². The topological polar surface area (TPSA) is 80.4 Å². The molecule has 0 aliphatic carbocycles. The standard InChI is InChI=1S/C7H16FNO3S/c1-5(2)3-7(9)6(8)4-13(10,11)12/h5-7H,3-4,9H2,1-2H3,(H,10,11,12)/t6-,7?/m1/s1. The lowest BCUT2D eigenvalue weighted by Gasteiger charge is -2.17. The Hall–Kier alpha value is -0.200. The SMILES string of the molecule is CC(C)CC(N)[C@H](F)CS(=O)(=O)O. The maximum atomic E-state index is 13.0. The van der Waals surface area contributed by atoms with Gasteiger partial charge in [0, 0.05) is 6.04 Å². The van der Waals surface area contributed by atoms with Gasteiger partial charge in [0.1, 0.15) is 11.9 Å². The van der Waals surface area contributed by atoms with Gasteiger partial charge < -0.3 is 5.73 Å². The van der Waals surface area contributed by atoms with Gasteiger partial charge >= 0.3 is 0 Å². The van der Waals surface area contributed by atoms with Crippen LogP contribution in [-0.2, 0) is 10.1 Å². The third-order valence-electron chi connectivity index (χ3n) is 1.58. The minimum Gasteiger partial charge on any atom is -0.325 e. The molecule has 0 aromatic carbocycles. The molecule has 6 heteroatoms. The second-order valence-corrected chi connectivity index (χ2v) is 5.06. The van der Waals surface area contributed by atoms with E-state index in [-0.39, 0.29) is 5.92 Å². The lowest BCUT2D eigenvalue weighted by molar-refractivity contribution is 0.276. The molecule has 0 spiro atoms. The number of alkyl halides is 1. The normalized spacial score (nSPS) is 17.4. The van der Waals surface area contributed by atoms with Crippen molar-refractivity contribution in [3.8, 4) is 0 Å². The van der Waals surface area contributed by atoms with Crippen LogP contribution < -0.4 is 5.73 Å². The van der Waals surface area contributed by atoms with Gasteiger partial charge in [-0.25, -0.2) is 4.39 Å². The van der Waals surface area contributed by atoms with E-state index in [4.69, 9.17) is 10.3 Å². The molecule has 0 amide bonds. The van der Waals surface area contributed by atoms with E-state index < -0.39 is 28.1 Å². The van der Waals surface area contributed by atoms with E-state index in [1.807, 2.05) is 13.8 Å². The van der Waals surface area contributed by atoms with Crippen molar-refractivity contribution >= 4 is 10.1 Å². The van der Waals surface area contributed by atoms with Crippen LogP contribution >= 0.6 is 0 Å². The summed E-state index contributed by atoms with van der Waals surface area (Å²) < 4.78 is 41.9. The molecule has 0 aromatic heterocycles. The quantitative estimate of drug-likeness (QED) is 0.655. The van der Waals surface area contributed by atoms with Crippen LogP contribution in [0.15, 0.2) is 0 Å². The lowest BCUT2D eigenvalue weighted by atomic mass is 10.0. The molecule has 0 aliphatic rings. The Balaban J connectivity index is 4.04. The second kappa shape index (κ2) is 4.88. The van der Waals surface area contributed by atoms with E-state index in [2.05, 4.69) is 0 Å². The third kappa shape index (κ3) is 6.92. The zero-order chi connectivity index (χ0) is 10.6. The van der Waals surface area contributed by atoms with E-state index in [1.54, 1.807) is 0 Å². The van der Waals surface area contributed by atoms with E-state index in [9.17, 15) is 12.8 Å². The summed E-state index contributed by atoms with van der Waals surface area (Å²) in [6.07, 6.45) is -1.30. The predicted octanol–water partition coefficient (Wildman–Crippen LogP) is 0.586. The summed E-state index contributed by atoms with van der Waals surface area (Å²) in [5, 5.41) is 0. The Morgan fingerprint density at radius 1 is 1.46 bits per heavy atom. The molecular formula is C7H16FNO3S. The summed E-state index contributed by atoms with van der Waals surface area (Å²) in [5.41, 5.74) is 5.37. The molecule has 0 heterocycles. The highest BCUT2D eigenvalue weighted by Gasteiger charge is 2.23. The molecular weight excluding hydrogens is 197 g/mol. The van der Waals surface area contributed by atoms with E-state index in [0.29, 0.717) is 6.42 Å². The van der Waals surface area contributed by atoms with Crippen LogP contribution in [0.2, 0.25) is 0 Å². The van der Waals surface area contributed by atoms with E-state index in [1.165, 1.54) is 0 Å². The fraction of sp³-hybridized carbons (Fsp3) is 1.00. The summed E-state index contributed by atoms with van der Waals surface area (Å²) in [4.78, 5) is 0. The molecule has 1 unspecified atom stereocenters. The van der Waals surface area contributed by atoms with Crippen LogP contribution in [0.5, 0.6) is 0 Å². The van der Waals surface area contributed by atoms with E-state index in [0.717, 1.165) is 0 Å². The van der Waals surface area contributed by atoms with Gasteiger partial charge in [-0.2, -0.15) is 8.42 Å². The predicted molar refractivity (Wildman–Crippen MR) is 48.7 cm³/mol. The zero-order valence-corrected chi connectivity index (χ0v) is 8.59. The minimum absolute atomic E-state index is 0.203. The molecule has 13 heavy (non-hydrogen) atoms. The van der Waals surface area contributed by atoms with Gasteiger partial charge in [0.25, 0.3) is 10.1 Å². The third-order valence-corrected chi connectivity index (χ3v) is 2.32. The molecule has 80 valence electrons. The Labute approximate surface area is 78.1 Å². The van der Waals surface area contributed by atoms with Crippen molar-refractivity contribution in [2.45, 2.75) is 32.5 Å². The maximum absolute atomic E-state index is 13.0. The van der Waals surface area contributed by atoms with Gasteiger partial charge in [-0.15, -0.1) is 0 Å². The van der Waals surface area contributed by atoms with Gasteiger partial charge in [0.05, 0.1) is 0 Å². The van der Waals surface area contributed by atoms with Crippen LogP contribution in [0.3, 0.4) is 0 Å². The first-order chi connectivity index (χ1) is 5.72. The summed E-state index contributed by atoms with van der Waals surface area (Å²) in [6.45, 7) is 3.72. The smallest absolute Gasteiger partial charge is 0.267 e. The number of rotatable bonds is 5. The van der Waals surface area contributed by atoms with Gasteiger partial charge in [-0.3, -0.25) is 4.55 Å². The monoisotopic (exact) mass is 213 g/mol. The molecule has 0 rings (SSSR count). The van der Waals surface area contributed by atoms with Gasteiger partial charge in [-0.05, 0) is 12.3 Å². The van der Waals surface area contributed by atoms with E-state index >= 15 is 0 Å². The first-order valence-corrected chi connectivity index (χ1v) is 5.68. The molecule has 0 saturated heterocycles. The molecule has 0 aliphatic heterocycles. The molecule has 4 nitrogen and oxygen atoms in total. The van der Waals surface area contributed by atoms with Crippen molar-refractivity contribution in [2.24, 2.45) is 11.7 Å². The van der Waals surface area contributed by atoms with Crippen LogP contribution in [0.4, 0.5) is 4.39 Å². The average molecular weight is 213 g/mol. The van der Waals surface area contributed by atoms with Crippen molar-refractivity contribution in [3.05, 3.63) is 0 Å². The van der Waals surface area contributed by atoms with Crippen molar-refractivity contribution < 1.29 is 17.4 Å². The fourth-order valence-electron chi connectivity index (χ4n) is 1.02. The Bertz CT molecular complexity index is 240. The minimum atomic E-state index is -4.26. The molecule has 0 saturated carbocycles. The first-order valence-electron chi connectivity index (χ1n) is 4.07. The molecule has 0 aromatic rings. The molecule has 3 N–H and O–H groups in total. The van der Waals surface area contributed by atoms with Crippen molar-refractivity contribution in [3.63, 3.8) is 0 Å². The van der Waals surface area contributed by atoms with Crippen LogP contribution in [0, 0.1) is 5.92 Å². The van der Waals surface area contributed by atoms with Crippen molar-refractivity contribution in [1.29, 1.82) is 0 Å². The Morgan fingerprint density at radius 3 is 2.23 bits per heavy atom. The summed E-state index contributed by atoms with van der Waals surface area (Å²) in [7, 11) is -4.26. The summed E-state index contributed by atoms with van der Waals surface area (Å²) in [6, 6.07) is -0.832. The van der Waals surface area contributed by atoms with Crippen LogP contribution in [0.25, 0.3) is 0 Å².